The monoisotopic (exact) mass is 455 g/mol. The fourth-order valence-electron chi connectivity index (χ4n) is 2.57. The van der Waals surface area contributed by atoms with Gasteiger partial charge in [0.15, 0.2) is 0 Å². The molecule has 0 bridgehead atoms. The molecule has 0 unspecified atom stereocenters. The second-order valence-corrected chi connectivity index (χ2v) is 7.23. The molecule has 0 atom stereocenters. The maximum atomic E-state index is 12.1. The van der Waals surface area contributed by atoms with Crippen LogP contribution >= 0.6 is 23.2 Å². The molecule has 0 aliphatic rings. The number of hydrogen-bond donors (Lipinski definition) is 2. The first-order chi connectivity index (χ1) is 15.0. The van der Waals surface area contributed by atoms with Crippen LogP contribution in [0.1, 0.15) is 21.5 Å². The van der Waals surface area contributed by atoms with Crippen molar-refractivity contribution in [3.8, 4) is 5.75 Å². The number of amides is 2. The number of para-hydroxylation sites is 1. The van der Waals surface area contributed by atoms with E-state index in [1.54, 1.807) is 0 Å². The lowest BCUT2D eigenvalue weighted by Gasteiger charge is -2.09. The van der Waals surface area contributed by atoms with Crippen molar-refractivity contribution in [2.24, 2.45) is 5.10 Å². The highest BCUT2D eigenvalue weighted by atomic mass is 35.5. The van der Waals surface area contributed by atoms with Crippen molar-refractivity contribution in [1.82, 2.24) is 10.7 Å². The molecule has 6 nitrogen and oxygen atoms in total. The first-order valence-electron chi connectivity index (χ1n) is 9.34. The van der Waals surface area contributed by atoms with Crippen LogP contribution in [0.2, 0.25) is 10.0 Å². The molecule has 2 N–H and O–H groups in total. The molecule has 8 heteroatoms. The lowest BCUT2D eigenvalue weighted by atomic mass is 10.2. The fraction of sp³-hybridized carbons (Fsp3) is 0.0870. The summed E-state index contributed by atoms with van der Waals surface area (Å²) in [5, 5.41) is 7.04. The average Bonchev–Trinajstić information content (AvgIpc) is 2.79. The van der Waals surface area contributed by atoms with Crippen LogP contribution in [0.4, 0.5) is 0 Å². The Bertz CT molecular complexity index is 1090. The van der Waals surface area contributed by atoms with Gasteiger partial charge in [0.25, 0.3) is 11.8 Å². The van der Waals surface area contributed by atoms with Crippen LogP contribution in [0, 0.1) is 0 Å². The van der Waals surface area contributed by atoms with Gasteiger partial charge in [-0.05, 0) is 35.9 Å². The van der Waals surface area contributed by atoms with Crippen LogP contribution in [-0.4, -0.2) is 24.6 Å². The third kappa shape index (κ3) is 6.84. The van der Waals surface area contributed by atoms with Gasteiger partial charge in [0, 0.05) is 11.1 Å². The lowest BCUT2D eigenvalue weighted by molar-refractivity contribution is -0.120. The Labute approximate surface area is 189 Å². The number of nitrogens with one attached hydrogen (secondary N) is 2. The number of benzene rings is 3. The number of ether oxygens (including phenoxy) is 1. The SMILES string of the molecule is O=C(CNC(=O)c1ccc(Cl)c(Cl)c1)N/N=C/c1ccccc1OCc1ccccc1. The minimum Gasteiger partial charge on any atom is -0.488 e. The molecule has 0 saturated carbocycles. The van der Waals surface area contributed by atoms with Crippen molar-refractivity contribution in [3.05, 3.63) is 99.5 Å². The molecule has 31 heavy (non-hydrogen) atoms. The van der Waals surface area contributed by atoms with Gasteiger partial charge in [-0.2, -0.15) is 5.10 Å². The zero-order chi connectivity index (χ0) is 22.1. The maximum absolute atomic E-state index is 12.1. The topological polar surface area (TPSA) is 79.8 Å². The van der Waals surface area contributed by atoms with Gasteiger partial charge in [0.2, 0.25) is 0 Å². The quantitative estimate of drug-likeness (QED) is 0.388. The molecule has 0 aliphatic carbocycles. The average molecular weight is 456 g/mol. The number of hydrogen-bond acceptors (Lipinski definition) is 4. The second-order valence-electron chi connectivity index (χ2n) is 6.42. The lowest BCUT2D eigenvalue weighted by Crippen LogP contribution is -2.34. The molecule has 3 aromatic rings. The first-order valence-corrected chi connectivity index (χ1v) is 10.1. The molecular formula is C23H19Cl2N3O3. The summed E-state index contributed by atoms with van der Waals surface area (Å²) in [4.78, 5) is 24.1. The smallest absolute Gasteiger partial charge is 0.259 e. The third-order valence-electron chi connectivity index (χ3n) is 4.14. The van der Waals surface area contributed by atoms with Crippen LogP contribution in [0.3, 0.4) is 0 Å². The van der Waals surface area contributed by atoms with Gasteiger partial charge < -0.3 is 10.1 Å². The highest BCUT2D eigenvalue weighted by Gasteiger charge is 2.09. The predicted octanol–water partition coefficient (Wildman–Crippen LogP) is 4.45. The summed E-state index contributed by atoms with van der Waals surface area (Å²) < 4.78 is 5.85. The van der Waals surface area contributed by atoms with E-state index in [0.717, 1.165) is 5.56 Å². The molecular weight excluding hydrogens is 437 g/mol. The highest BCUT2D eigenvalue weighted by Crippen LogP contribution is 2.22. The van der Waals surface area contributed by atoms with E-state index < -0.39 is 11.8 Å². The number of nitrogens with zero attached hydrogens (tertiary/aromatic N) is 1. The molecule has 158 valence electrons. The Morgan fingerprint density at radius 1 is 0.935 bits per heavy atom. The van der Waals surface area contributed by atoms with E-state index in [0.29, 0.717) is 28.5 Å². The standard InChI is InChI=1S/C23H19Cl2N3O3/c24-19-11-10-17(12-20(19)25)23(30)26-14-22(29)28-27-13-18-8-4-5-9-21(18)31-15-16-6-2-1-3-7-16/h1-13H,14-15H2,(H,26,30)(H,28,29)/b27-13+. The Kier molecular flexibility index (Phi) is 8.04. The van der Waals surface area contributed by atoms with E-state index in [4.69, 9.17) is 27.9 Å². The normalized spacial score (nSPS) is 10.6. The van der Waals surface area contributed by atoms with Gasteiger partial charge in [-0.3, -0.25) is 9.59 Å². The van der Waals surface area contributed by atoms with Crippen molar-refractivity contribution in [2.75, 3.05) is 6.54 Å². The van der Waals surface area contributed by atoms with Crippen LogP contribution < -0.4 is 15.5 Å². The van der Waals surface area contributed by atoms with Gasteiger partial charge in [-0.1, -0.05) is 65.7 Å². The molecule has 0 heterocycles. The number of rotatable bonds is 8. The maximum Gasteiger partial charge on any atom is 0.259 e. The van der Waals surface area contributed by atoms with E-state index in [-0.39, 0.29) is 11.6 Å². The van der Waals surface area contributed by atoms with E-state index in [1.165, 1.54) is 24.4 Å². The van der Waals surface area contributed by atoms with Gasteiger partial charge >= 0.3 is 0 Å². The molecule has 2 amide bonds. The van der Waals surface area contributed by atoms with Crippen molar-refractivity contribution in [3.63, 3.8) is 0 Å². The Balaban J connectivity index is 1.50. The molecule has 0 saturated heterocycles. The summed E-state index contributed by atoms with van der Waals surface area (Å²) in [6, 6.07) is 21.6. The fourth-order valence-corrected chi connectivity index (χ4v) is 2.87. The van der Waals surface area contributed by atoms with Gasteiger partial charge in [-0.15, -0.1) is 0 Å². The Hall–Kier alpha value is -3.35. The number of halogens is 2. The Morgan fingerprint density at radius 3 is 2.45 bits per heavy atom. The molecule has 0 aliphatic heterocycles. The van der Waals surface area contributed by atoms with Crippen LogP contribution in [0.5, 0.6) is 5.75 Å². The van der Waals surface area contributed by atoms with Gasteiger partial charge in [-0.25, -0.2) is 5.43 Å². The summed E-state index contributed by atoms with van der Waals surface area (Å²) in [6.45, 7) is 0.168. The molecule has 3 rings (SSSR count). The molecule has 0 radical (unpaired) electrons. The molecule has 0 fully saturated rings. The highest BCUT2D eigenvalue weighted by molar-refractivity contribution is 6.42. The first kappa shape index (κ1) is 22.3. The minimum atomic E-state index is -0.479. The zero-order valence-electron chi connectivity index (χ0n) is 16.3. The molecule has 0 aromatic heterocycles. The number of carbonyl (C=O) groups excluding carboxylic acids is 2. The van der Waals surface area contributed by atoms with Crippen molar-refractivity contribution < 1.29 is 14.3 Å². The Morgan fingerprint density at radius 2 is 1.68 bits per heavy atom. The molecule has 3 aromatic carbocycles. The summed E-state index contributed by atoms with van der Waals surface area (Å²) in [5.41, 5.74) is 4.42. The van der Waals surface area contributed by atoms with Gasteiger partial charge in [0.1, 0.15) is 12.4 Å². The van der Waals surface area contributed by atoms with Crippen LogP contribution in [-0.2, 0) is 11.4 Å². The van der Waals surface area contributed by atoms with E-state index >= 15 is 0 Å². The number of carbonyl (C=O) groups is 2. The molecule has 0 spiro atoms. The zero-order valence-corrected chi connectivity index (χ0v) is 17.9. The van der Waals surface area contributed by atoms with Crippen molar-refractivity contribution >= 4 is 41.2 Å². The van der Waals surface area contributed by atoms with Crippen molar-refractivity contribution in [1.29, 1.82) is 0 Å². The van der Waals surface area contributed by atoms with E-state index in [1.807, 2.05) is 54.6 Å². The van der Waals surface area contributed by atoms with Gasteiger partial charge in [0.05, 0.1) is 22.8 Å². The summed E-state index contributed by atoms with van der Waals surface area (Å²) in [6.07, 6.45) is 1.49. The van der Waals surface area contributed by atoms with E-state index in [9.17, 15) is 9.59 Å². The summed E-state index contributed by atoms with van der Waals surface area (Å²) in [7, 11) is 0. The summed E-state index contributed by atoms with van der Waals surface area (Å²) in [5.74, 6) is -0.290. The van der Waals surface area contributed by atoms with Crippen molar-refractivity contribution in [2.45, 2.75) is 6.61 Å². The van der Waals surface area contributed by atoms with Crippen LogP contribution in [0.25, 0.3) is 0 Å². The summed E-state index contributed by atoms with van der Waals surface area (Å²) >= 11 is 11.7. The van der Waals surface area contributed by atoms with Crippen LogP contribution in [0.15, 0.2) is 77.9 Å². The largest absolute Gasteiger partial charge is 0.488 e. The minimum absolute atomic E-state index is 0.247. The third-order valence-corrected chi connectivity index (χ3v) is 4.88. The number of hydrazone groups is 1. The predicted molar refractivity (Wildman–Crippen MR) is 122 cm³/mol. The van der Waals surface area contributed by atoms with E-state index in [2.05, 4.69) is 15.8 Å². The second kappa shape index (κ2) is 11.2.